The van der Waals surface area contributed by atoms with Crippen molar-refractivity contribution in [2.75, 3.05) is 20.3 Å². The second-order valence-electron chi connectivity index (χ2n) is 9.72. The summed E-state index contributed by atoms with van der Waals surface area (Å²) in [7, 11) is 1.61. The molecule has 3 aromatic rings. The van der Waals surface area contributed by atoms with Gasteiger partial charge in [0.15, 0.2) is 6.61 Å². The van der Waals surface area contributed by atoms with Gasteiger partial charge >= 0.3 is 0 Å². The fourth-order valence-electron chi connectivity index (χ4n) is 4.40. The minimum Gasteiger partial charge on any atom is -0.497 e. The van der Waals surface area contributed by atoms with E-state index in [9.17, 15) is 9.59 Å². The van der Waals surface area contributed by atoms with Crippen LogP contribution in [0.4, 0.5) is 0 Å². The lowest BCUT2D eigenvalue weighted by Gasteiger charge is -2.31. The highest BCUT2D eigenvalue weighted by atomic mass is 16.5. The lowest BCUT2D eigenvalue weighted by Crippen LogP contribution is -2.51. The number of nitrogens with one attached hydrogen (secondary N) is 1. The van der Waals surface area contributed by atoms with Gasteiger partial charge in [0.05, 0.1) is 7.11 Å². The molecule has 0 bridgehead atoms. The van der Waals surface area contributed by atoms with E-state index in [-0.39, 0.29) is 25.0 Å². The van der Waals surface area contributed by atoms with Crippen LogP contribution in [0.15, 0.2) is 66.7 Å². The molecule has 1 atom stereocenters. The lowest BCUT2D eigenvalue weighted by molar-refractivity contribution is -0.142. The Morgan fingerprint density at radius 2 is 1.68 bits per heavy atom. The molecule has 3 aromatic carbocycles. The molecule has 0 heterocycles. The van der Waals surface area contributed by atoms with Crippen molar-refractivity contribution in [2.45, 2.75) is 59.5 Å². The molecule has 0 aliphatic carbocycles. The fraction of sp³-hybridized carbons (Fsp3) is 0.375. The van der Waals surface area contributed by atoms with E-state index in [1.165, 1.54) is 0 Å². The Hall–Kier alpha value is -3.80. The van der Waals surface area contributed by atoms with Crippen LogP contribution in [-0.4, -0.2) is 43.0 Å². The number of benzene rings is 3. The van der Waals surface area contributed by atoms with Gasteiger partial charge in [0.2, 0.25) is 5.91 Å². The van der Waals surface area contributed by atoms with Gasteiger partial charge in [0, 0.05) is 19.5 Å². The molecule has 1 N–H and O–H groups in total. The van der Waals surface area contributed by atoms with Crippen LogP contribution in [0.1, 0.15) is 47.6 Å². The first-order valence-electron chi connectivity index (χ1n) is 13.3. The number of carbonyl (C=O) groups is 2. The molecule has 0 saturated heterocycles. The molecular formula is C32H40N2O4. The van der Waals surface area contributed by atoms with Gasteiger partial charge in [0.25, 0.3) is 5.91 Å². The number of hydrogen-bond acceptors (Lipinski definition) is 4. The minimum atomic E-state index is -0.697. The van der Waals surface area contributed by atoms with Crippen LogP contribution in [0.25, 0.3) is 0 Å². The highest BCUT2D eigenvalue weighted by Gasteiger charge is 2.30. The predicted octanol–water partition coefficient (Wildman–Crippen LogP) is 5.56. The standard InChI is InChI=1S/C32H40N2O4/c1-6-7-16-33-32(36)29(20-26-12-9-8-10-13-26)34(21-27-14-11-15-28(19-27)37-5)31(35)22-38-30-18-23(2)17-24(3)25(30)4/h8-15,17-19,29H,6-7,16,20-22H2,1-5H3,(H,33,36)/t29-/m0/s1. The van der Waals surface area contributed by atoms with Crippen molar-refractivity contribution >= 4 is 11.8 Å². The van der Waals surface area contributed by atoms with Crippen LogP contribution in [0.2, 0.25) is 0 Å². The van der Waals surface area contributed by atoms with E-state index in [1.54, 1.807) is 12.0 Å². The van der Waals surface area contributed by atoms with Crippen molar-refractivity contribution in [1.29, 1.82) is 0 Å². The monoisotopic (exact) mass is 516 g/mol. The summed E-state index contributed by atoms with van der Waals surface area (Å²) < 4.78 is 11.5. The highest BCUT2D eigenvalue weighted by molar-refractivity contribution is 5.88. The first-order valence-corrected chi connectivity index (χ1v) is 13.3. The lowest BCUT2D eigenvalue weighted by atomic mass is 10.0. The number of rotatable bonds is 13. The van der Waals surface area contributed by atoms with E-state index in [0.717, 1.165) is 40.7 Å². The van der Waals surface area contributed by atoms with E-state index < -0.39 is 6.04 Å². The SMILES string of the molecule is CCCCNC(=O)[C@H](Cc1ccccc1)N(Cc1cccc(OC)c1)C(=O)COc1cc(C)cc(C)c1C. The molecule has 202 valence electrons. The number of aryl methyl sites for hydroxylation is 2. The molecule has 2 amide bonds. The van der Waals surface area contributed by atoms with Crippen LogP contribution in [0, 0.1) is 20.8 Å². The second-order valence-corrected chi connectivity index (χ2v) is 9.72. The van der Waals surface area contributed by atoms with Crippen molar-refractivity contribution in [2.24, 2.45) is 0 Å². The normalized spacial score (nSPS) is 11.5. The average Bonchev–Trinajstić information content (AvgIpc) is 2.92. The average molecular weight is 517 g/mol. The number of ether oxygens (including phenoxy) is 2. The quantitative estimate of drug-likeness (QED) is 0.302. The van der Waals surface area contributed by atoms with E-state index in [4.69, 9.17) is 9.47 Å². The van der Waals surface area contributed by atoms with Gasteiger partial charge in [-0.25, -0.2) is 0 Å². The van der Waals surface area contributed by atoms with Crippen molar-refractivity contribution in [3.63, 3.8) is 0 Å². The van der Waals surface area contributed by atoms with Crippen molar-refractivity contribution in [3.05, 3.63) is 94.5 Å². The van der Waals surface area contributed by atoms with Crippen LogP contribution >= 0.6 is 0 Å². The number of unbranched alkanes of at least 4 members (excludes halogenated alkanes) is 1. The summed E-state index contributed by atoms with van der Waals surface area (Å²) in [6.07, 6.45) is 2.25. The van der Waals surface area contributed by atoms with Gasteiger partial charge in [-0.05, 0) is 73.2 Å². The zero-order valence-electron chi connectivity index (χ0n) is 23.3. The van der Waals surface area contributed by atoms with Crippen molar-refractivity contribution in [3.8, 4) is 11.5 Å². The molecule has 6 nitrogen and oxygen atoms in total. The Morgan fingerprint density at radius 3 is 2.39 bits per heavy atom. The fourth-order valence-corrected chi connectivity index (χ4v) is 4.40. The maximum absolute atomic E-state index is 13.8. The molecule has 0 fully saturated rings. The second kappa shape index (κ2) is 14.2. The Bertz CT molecular complexity index is 1210. The summed E-state index contributed by atoms with van der Waals surface area (Å²) in [4.78, 5) is 29.0. The largest absolute Gasteiger partial charge is 0.497 e. The number of nitrogens with zero attached hydrogens (tertiary/aromatic N) is 1. The topological polar surface area (TPSA) is 67.9 Å². The van der Waals surface area contributed by atoms with E-state index in [0.29, 0.717) is 24.5 Å². The molecule has 38 heavy (non-hydrogen) atoms. The summed E-state index contributed by atoms with van der Waals surface area (Å²) in [5.74, 6) is 0.965. The molecular weight excluding hydrogens is 476 g/mol. The van der Waals surface area contributed by atoms with Crippen molar-refractivity contribution in [1.82, 2.24) is 10.2 Å². The molecule has 0 spiro atoms. The van der Waals surface area contributed by atoms with Gasteiger partial charge < -0.3 is 19.7 Å². The summed E-state index contributed by atoms with van der Waals surface area (Å²) >= 11 is 0. The number of amides is 2. The van der Waals surface area contributed by atoms with Crippen LogP contribution in [0.5, 0.6) is 11.5 Å². The van der Waals surface area contributed by atoms with E-state index >= 15 is 0 Å². The van der Waals surface area contributed by atoms with Gasteiger partial charge in [0.1, 0.15) is 17.5 Å². The molecule has 3 rings (SSSR count). The molecule has 0 unspecified atom stereocenters. The Labute approximate surface area is 227 Å². The van der Waals surface area contributed by atoms with Crippen LogP contribution < -0.4 is 14.8 Å². The molecule has 6 heteroatoms. The zero-order valence-corrected chi connectivity index (χ0v) is 23.3. The van der Waals surface area contributed by atoms with Gasteiger partial charge in [-0.3, -0.25) is 9.59 Å². The maximum atomic E-state index is 13.8. The summed E-state index contributed by atoms with van der Waals surface area (Å²) in [5, 5.41) is 3.05. The van der Waals surface area contributed by atoms with Gasteiger partial charge in [-0.15, -0.1) is 0 Å². The third-order valence-corrected chi connectivity index (χ3v) is 6.70. The third-order valence-electron chi connectivity index (χ3n) is 6.70. The molecule has 0 aromatic heterocycles. The highest BCUT2D eigenvalue weighted by Crippen LogP contribution is 2.24. The van der Waals surface area contributed by atoms with Crippen LogP contribution in [0.3, 0.4) is 0 Å². The number of hydrogen-bond donors (Lipinski definition) is 1. The number of methoxy groups -OCH3 is 1. The smallest absolute Gasteiger partial charge is 0.261 e. The summed E-state index contributed by atoms with van der Waals surface area (Å²) in [6, 6.07) is 20.7. The minimum absolute atomic E-state index is 0.165. The van der Waals surface area contributed by atoms with E-state index in [2.05, 4.69) is 18.3 Å². The third kappa shape index (κ3) is 8.10. The van der Waals surface area contributed by atoms with Gasteiger partial charge in [-0.2, -0.15) is 0 Å². The Balaban J connectivity index is 1.93. The molecule has 0 aliphatic rings. The van der Waals surface area contributed by atoms with E-state index in [1.807, 2.05) is 81.4 Å². The number of carbonyl (C=O) groups excluding carboxylic acids is 2. The van der Waals surface area contributed by atoms with Crippen LogP contribution in [-0.2, 0) is 22.6 Å². The van der Waals surface area contributed by atoms with Gasteiger partial charge in [-0.1, -0.05) is 61.9 Å². The molecule has 0 radical (unpaired) electrons. The summed E-state index contributed by atoms with van der Waals surface area (Å²) in [5.41, 5.74) is 5.04. The predicted molar refractivity (Wildman–Crippen MR) is 152 cm³/mol. The molecule has 0 saturated carbocycles. The Kier molecular flexibility index (Phi) is 10.8. The Morgan fingerprint density at radius 1 is 0.947 bits per heavy atom. The maximum Gasteiger partial charge on any atom is 0.261 e. The summed E-state index contributed by atoms with van der Waals surface area (Å²) in [6.45, 7) is 8.77. The first-order chi connectivity index (χ1) is 18.3. The first kappa shape index (κ1) is 28.8. The zero-order chi connectivity index (χ0) is 27.5. The van der Waals surface area contributed by atoms with Crippen molar-refractivity contribution < 1.29 is 19.1 Å². The molecule has 0 aliphatic heterocycles.